The first-order valence-electron chi connectivity index (χ1n) is 9.52. The summed E-state index contributed by atoms with van der Waals surface area (Å²) in [6.07, 6.45) is 3.27. The highest BCUT2D eigenvalue weighted by Gasteiger charge is 2.19. The number of rotatable bonds is 5. The molecule has 0 fully saturated rings. The summed E-state index contributed by atoms with van der Waals surface area (Å²) in [4.78, 5) is 26.1. The molecule has 0 bridgehead atoms. The summed E-state index contributed by atoms with van der Waals surface area (Å²) in [5, 5.41) is 1.62. The maximum atomic E-state index is 13.0. The van der Waals surface area contributed by atoms with Gasteiger partial charge in [0.2, 0.25) is 0 Å². The number of para-hydroxylation sites is 1. The number of pyridine rings is 1. The van der Waals surface area contributed by atoms with E-state index in [0.717, 1.165) is 33.7 Å². The molecule has 30 heavy (non-hydrogen) atoms. The van der Waals surface area contributed by atoms with E-state index < -0.39 is 0 Å². The Labute approximate surface area is 177 Å². The normalized spacial score (nSPS) is 11.4. The van der Waals surface area contributed by atoms with E-state index in [9.17, 15) is 4.79 Å². The molecule has 0 aliphatic carbocycles. The van der Waals surface area contributed by atoms with Gasteiger partial charge < -0.3 is 8.98 Å². The zero-order valence-corrected chi connectivity index (χ0v) is 17.3. The highest BCUT2D eigenvalue weighted by molar-refractivity contribution is 8.00. The van der Waals surface area contributed by atoms with Crippen molar-refractivity contribution in [3.05, 3.63) is 78.0 Å². The minimum absolute atomic E-state index is 0.0400. The molecule has 4 heterocycles. The molecule has 0 amide bonds. The first-order chi connectivity index (χ1) is 14.6. The highest BCUT2D eigenvalue weighted by Crippen LogP contribution is 2.33. The van der Waals surface area contributed by atoms with E-state index in [4.69, 9.17) is 4.42 Å². The van der Waals surface area contributed by atoms with Gasteiger partial charge in [-0.3, -0.25) is 4.79 Å². The van der Waals surface area contributed by atoms with Crippen molar-refractivity contribution in [3.63, 3.8) is 0 Å². The van der Waals surface area contributed by atoms with Gasteiger partial charge in [-0.1, -0.05) is 30.0 Å². The summed E-state index contributed by atoms with van der Waals surface area (Å²) < 4.78 is 7.96. The van der Waals surface area contributed by atoms with Crippen molar-refractivity contribution in [2.45, 2.75) is 18.9 Å². The topological polar surface area (TPSA) is 73.8 Å². The third-order valence-corrected chi connectivity index (χ3v) is 6.05. The number of Topliss-reactive ketones (excluding diaryl/α,β-unsaturated/α-hetero) is 1. The first-order valence-corrected chi connectivity index (χ1v) is 10.5. The number of aryl methyl sites for hydroxylation is 1. The Balaban J connectivity index is 1.44. The van der Waals surface area contributed by atoms with Crippen molar-refractivity contribution in [2.75, 3.05) is 5.75 Å². The maximum Gasteiger partial charge on any atom is 0.186 e. The minimum atomic E-state index is 0.0400. The molecule has 0 radical (unpaired) electrons. The lowest BCUT2D eigenvalue weighted by molar-refractivity contribution is 0.102. The Bertz CT molecular complexity index is 1390. The van der Waals surface area contributed by atoms with Gasteiger partial charge in [0, 0.05) is 28.5 Å². The SMILES string of the molecule is Cc1cc(C(=O)CSc2ncnc3c2oc2ccccc23)c(C)n1-c1ccccn1. The van der Waals surface area contributed by atoms with Gasteiger partial charge in [-0.2, -0.15) is 0 Å². The molecule has 148 valence electrons. The molecular weight excluding hydrogens is 396 g/mol. The van der Waals surface area contributed by atoms with Crippen LogP contribution in [0.5, 0.6) is 0 Å². The standard InChI is InChI=1S/C23H18N4O2S/c1-14-11-17(15(2)27(14)20-9-5-6-10-24-20)18(28)12-30-23-22-21(25-13-26-23)16-7-3-4-8-19(16)29-22/h3-11,13H,12H2,1-2H3. The van der Waals surface area contributed by atoms with Gasteiger partial charge in [0.1, 0.15) is 28.3 Å². The number of benzene rings is 1. The van der Waals surface area contributed by atoms with Crippen LogP contribution in [0.15, 0.2) is 70.5 Å². The number of carbonyl (C=O) groups excluding carboxylic acids is 1. The monoisotopic (exact) mass is 414 g/mol. The molecule has 7 heteroatoms. The number of hydrogen-bond acceptors (Lipinski definition) is 6. The average molecular weight is 414 g/mol. The molecule has 0 atom stereocenters. The maximum absolute atomic E-state index is 13.0. The molecule has 0 unspecified atom stereocenters. The van der Waals surface area contributed by atoms with Gasteiger partial charge in [-0.15, -0.1) is 0 Å². The molecule has 1 aromatic carbocycles. The van der Waals surface area contributed by atoms with Crippen LogP contribution >= 0.6 is 11.8 Å². The van der Waals surface area contributed by atoms with Gasteiger partial charge in [0.15, 0.2) is 11.4 Å². The van der Waals surface area contributed by atoms with E-state index in [-0.39, 0.29) is 11.5 Å². The predicted molar refractivity (Wildman–Crippen MR) is 117 cm³/mol. The van der Waals surface area contributed by atoms with E-state index >= 15 is 0 Å². The average Bonchev–Trinajstić information content (AvgIpc) is 3.30. The minimum Gasteiger partial charge on any atom is -0.451 e. The van der Waals surface area contributed by atoms with E-state index in [1.807, 2.05) is 66.9 Å². The van der Waals surface area contributed by atoms with Crippen LogP contribution < -0.4 is 0 Å². The van der Waals surface area contributed by atoms with E-state index in [2.05, 4.69) is 15.0 Å². The molecule has 0 N–H and O–H groups in total. The third-order valence-electron chi connectivity index (χ3n) is 5.08. The number of nitrogens with zero attached hydrogens (tertiary/aromatic N) is 4. The van der Waals surface area contributed by atoms with Gasteiger partial charge in [0.25, 0.3) is 0 Å². The Hall–Kier alpha value is -3.45. The molecule has 0 spiro atoms. The van der Waals surface area contributed by atoms with Crippen molar-refractivity contribution in [2.24, 2.45) is 0 Å². The molecule has 4 aromatic heterocycles. The van der Waals surface area contributed by atoms with Crippen LogP contribution in [-0.4, -0.2) is 31.1 Å². The molecule has 6 nitrogen and oxygen atoms in total. The zero-order chi connectivity index (χ0) is 20.7. The Kier molecular flexibility index (Phi) is 4.59. The van der Waals surface area contributed by atoms with Crippen LogP contribution in [0.3, 0.4) is 0 Å². The summed E-state index contributed by atoms with van der Waals surface area (Å²) in [7, 11) is 0. The summed E-state index contributed by atoms with van der Waals surface area (Å²) in [5.74, 6) is 1.10. The predicted octanol–water partition coefficient (Wildman–Crippen LogP) is 5.15. The summed E-state index contributed by atoms with van der Waals surface area (Å²) in [6.45, 7) is 3.93. The van der Waals surface area contributed by atoms with E-state index in [1.165, 1.54) is 18.1 Å². The fourth-order valence-electron chi connectivity index (χ4n) is 3.70. The summed E-state index contributed by atoms with van der Waals surface area (Å²) in [6, 6.07) is 15.4. The second-order valence-corrected chi connectivity index (χ2v) is 7.94. The fraction of sp³-hybridized carbons (Fsp3) is 0.130. The Morgan fingerprint density at radius 3 is 2.73 bits per heavy atom. The van der Waals surface area contributed by atoms with Crippen molar-refractivity contribution < 1.29 is 9.21 Å². The van der Waals surface area contributed by atoms with E-state index in [0.29, 0.717) is 16.2 Å². The number of carbonyl (C=O) groups is 1. The molecule has 0 saturated heterocycles. The van der Waals surface area contributed by atoms with Gasteiger partial charge in [-0.25, -0.2) is 15.0 Å². The quantitative estimate of drug-likeness (QED) is 0.225. The second kappa shape index (κ2) is 7.42. The number of ketones is 1. The van der Waals surface area contributed by atoms with Crippen LogP contribution in [0.4, 0.5) is 0 Å². The molecule has 5 rings (SSSR count). The van der Waals surface area contributed by atoms with Crippen molar-refractivity contribution >= 4 is 39.6 Å². The molecule has 0 aliphatic rings. The fourth-order valence-corrected chi connectivity index (χ4v) is 4.52. The molecule has 5 aromatic rings. The zero-order valence-electron chi connectivity index (χ0n) is 16.5. The van der Waals surface area contributed by atoms with Crippen LogP contribution in [0, 0.1) is 13.8 Å². The lowest BCUT2D eigenvalue weighted by Gasteiger charge is -2.08. The number of furan rings is 1. The Morgan fingerprint density at radius 1 is 1.07 bits per heavy atom. The molecular formula is C23H18N4O2S. The van der Waals surface area contributed by atoms with Crippen LogP contribution in [0.2, 0.25) is 0 Å². The van der Waals surface area contributed by atoms with Gasteiger partial charge >= 0.3 is 0 Å². The summed E-state index contributed by atoms with van der Waals surface area (Å²) in [5.41, 5.74) is 4.70. The second-order valence-electron chi connectivity index (χ2n) is 6.97. The van der Waals surface area contributed by atoms with Crippen LogP contribution in [-0.2, 0) is 0 Å². The van der Waals surface area contributed by atoms with Gasteiger partial charge in [0.05, 0.1) is 5.75 Å². The lowest BCUT2D eigenvalue weighted by Crippen LogP contribution is -2.06. The van der Waals surface area contributed by atoms with Crippen molar-refractivity contribution in [1.82, 2.24) is 19.5 Å². The molecule has 0 aliphatic heterocycles. The lowest BCUT2D eigenvalue weighted by atomic mass is 10.2. The first kappa shape index (κ1) is 18.6. The summed E-state index contributed by atoms with van der Waals surface area (Å²) >= 11 is 1.37. The largest absolute Gasteiger partial charge is 0.451 e. The van der Waals surface area contributed by atoms with Crippen molar-refractivity contribution in [3.8, 4) is 5.82 Å². The van der Waals surface area contributed by atoms with Crippen LogP contribution in [0.1, 0.15) is 21.7 Å². The van der Waals surface area contributed by atoms with E-state index in [1.54, 1.807) is 6.20 Å². The number of thioether (sulfide) groups is 1. The molecule has 0 saturated carbocycles. The highest BCUT2D eigenvalue weighted by atomic mass is 32.2. The third kappa shape index (κ3) is 3.07. The smallest absolute Gasteiger partial charge is 0.186 e. The number of aromatic nitrogens is 4. The Morgan fingerprint density at radius 2 is 1.90 bits per heavy atom. The van der Waals surface area contributed by atoms with Gasteiger partial charge in [-0.05, 0) is 44.2 Å². The van der Waals surface area contributed by atoms with Crippen molar-refractivity contribution in [1.29, 1.82) is 0 Å². The number of hydrogen-bond donors (Lipinski definition) is 0. The number of fused-ring (bicyclic) bond motifs is 3. The van der Waals surface area contributed by atoms with Crippen LogP contribution in [0.25, 0.3) is 27.9 Å².